The number of methoxy groups -OCH3 is 1. The summed E-state index contributed by atoms with van der Waals surface area (Å²) in [5.41, 5.74) is 3.22. The number of ether oxygens (including phenoxy) is 2. The second-order valence-electron chi connectivity index (χ2n) is 12.9. The zero-order chi connectivity index (χ0) is 28.9. The van der Waals surface area contributed by atoms with E-state index in [0.717, 1.165) is 83.5 Å². The van der Waals surface area contributed by atoms with Crippen molar-refractivity contribution in [3.8, 4) is 5.75 Å². The first-order valence-electron chi connectivity index (χ1n) is 14.7. The lowest BCUT2D eigenvalue weighted by Gasteiger charge is -2.34. The molecule has 9 nitrogen and oxygen atoms in total. The second kappa shape index (κ2) is 10.8. The highest BCUT2D eigenvalue weighted by atomic mass is 79.9. The molecule has 3 aromatic rings. The van der Waals surface area contributed by atoms with Gasteiger partial charge >= 0.3 is 6.09 Å². The largest absolute Gasteiger partial charge is 0.497 e. The number of halogens is 1. The van der Waals surface area contributed by atoms with Crippen LogP contribution >= 0.6 is 15.9 Å². The predicted octanol–water partition coefficient (Wildman–Crippen LogP) is 5.68. The number of rotatable bonds is 6. The molecule has 2 heterocycles. The minimum Gasteiger partial charge on any atom is -0.497 e. The molecule has 3 atom stereocenters. The number of amides is 1. The zero-order valence-electron chi connectivity index (χ0n) is 24.3. The number of carbonyl (C=O) groups excluding carboxylic acids is 1. The smallest absolute Gasteiger partial charge is 0.407 e. The zero-order valence-corrected chi connectivity index (χ0v) is 25.9. The van der Waals surface area contributed by atoms with Gasteiger partial charge in [0.2, 0.25) is 0 Å². The third-order valence-corrected chi connectivity index (χ3v) is 9.59. The van der Waals surface area contributed by atoms with Crippen LogP contribution < -0.4 is 15.0 Å². The van der Waals surface area contributed by atoms with Gasteiger partial charge in [0.15, 0.2) is 5.65 Å². The van der Waals surface area contributed by atoms with Gasteiger partial charge in [-0.1, -0.05) is 25.0 Å². The number of fused-ring (bicyclic) bond motifs is 3. The fourth-order valence-corrected chi connectivity index (χ4v) is 7.50. The van der Waals surface area contributed by atoms with Crippen molar-refractivity contribution in [2.45, 2.75) is 108 Å². The maximum absolute atomic E-state index is 12.6. The topological polar surface area (TPSA) is 101 Å². The van der Waals surface area contributed by atoms with Crippen LogP contribution in [0.2, 0.25) is 0 Å². The lowest BCUT2D eigenvalue weighted by atomic mass is 9.81. The Labute approximate surface area is 249 Å². The van der Waals surface area contributed by atoms with Gasteiger partial charge in [-0.25, -0.2) is 9.78 Å². The van der Waals surface area contributed by atoms with Crippen LogP contribution in [0.5, 0.6) is 5.75 Å². The number of aromatic nitrogens is 3. The number of hydrogen-bond acceptors (Lipinski definition) is 7. The molecular weight excluding hydrogens is 586 g/mol. The lowest BCUT2D eigenvalue weighted by Crippen LogP contribution is -2.40. The van der Waals surface area contributed by atoms with Crippen LogP contribution in [0, 0.1) is 0 Å². The van der Waals surface area contributed by atoms with Crippen molar-refractivity contribution in [3.63, 3.8) is 0 Å². The van der Waals surface area contributed by atoms with Crippen LogP contribution in [-0.2, 0) is 23.1 Å². The van der Waals surface area contributed by atoms with Gasteiger partial charge in [-0.3, -0.25) is 0 Å². The molecule has 1 aromatic carbocycles. The Morgan fingerprint density at radius 3 is 2.63 bits per heavy atom. The Bertz CT molecular complexity index is 1430. The molecular formula is C31H40BrN5O4. The quantitative estimate of drug-likeness (QED) is 0.363. The molecule has 1 unspecified atom stereocenters. The first-order valence-corrected chi connectivity index (χ1v) is 15.5. The van der Waals surface area contributed by atoms with E-state index in [1.54, 1.807) is 7.11 Å². The fourth-order valence-electron chi connectivity index (χ4n) is 7.15. The summed E-state index contributed by atoms with van der Waals surface area (Å²) < 4.78 is 13.8. The average Bonchev–Trinajstić information content (AvgIpc) is 3.71. The summed E-state index contributed by atoms with van der Waals surface area (Å²) in [7, 11) is 1.67. The standard InChI is InChI=1S/C31H40BrN5O4/c1-30(2,3)41-29(39)34-20-9-10-21(15-20)36(18-19-7-11-22(40-4)12-8-19)28-23-16-25(38)31(13-5-6-14-31)26(23)35-27-24(32)17-33-37(27)28/h7-8,11-12,17,20-21,25,38H,5-6,9-10,13-16,18H2,1-4H3,(H,34,39)/t20-,21-,25?/m0/s1. The van der Waals surface area contributed by atoms with Crippen LogP contribution in [0.4, 0.5) is 10.6 Å². The summed E-state index contributed by atoms with van der Waals surface area (Å²) in [4.78, 5) is 20.2. The molecule has 2 aromatic heterocycles. The molecule has 0 aliphatic heterocycles. The average molecular weight is 627 g/mol. The van der Waals surface area contributed by atoms with Crippen LogP contribution in [0.3, 0.4) is 0 Å². The fraction of sp³-hybridized carbons (Fsp3) is 0.581. The van der Waals surface area contributed by atoms with E-state index in [4.69, 9.17) is 19.6 Å². The number of aliphatic hydroxyl groups is 1. The molecule has 10 heteroatoms. The number of carbonyl (C=O) groups is 1. The minimum atomic E-state index is -0.545. The van der Waals surface area contributed by atoms with Crippen LogP contribution in [0.1, 0.15) is 82.5 Å². The molecule has 0 bridgehead atoms. The number of nitrogens with zero attached hydrogens (tertiary/aromatic N) is 4. The molecule has 2 saturated carbocycles. The van der Waals surface area contributed by atoms with Crippen LogP contribution in [0.15, 0.2) is 34.9 Å². The number of nitrogens with one attached hydrogen (secondary N) is 1. The van der Waals surface area contributed by atoms with Crippen molar-refractivity contribution in [2.75, 3.05) is 12.0 Å². The SMILES string of the molecule is COc1ccc(CN(c2c3c(nc4c(Br)cnn24)C2(CCCC2)C(O)C3)[C@H]2CC[C@H](NC(=O)OC(C)(C)C)C2)cc1. The molecule has 2 N–H and O–H groups in total. The highest BCUT2D eigenvalue weighted by Gasteiger charge is 2.51. The Kier molecular flexibility index (Phi) is 7.43. The number of aliphatic hydroxyl groups excluding tert-OH is 1. The van der Waals surface area contributed by atoms with Gasteiger partial charge in [0.25, 0.3) is 0 Å². The summed E-state index contributed by atoms with van der Waals surface area (Å²) >= 11 is 3.70. The molecule has 41 heavy (non-hydrogen) atoms. The first kappa shape index (κ1) is 28.3. The monoisotopic (exact) mass is 625 g/mol. The maximum atomic E-state index is 12.6. The van der Waals surface area contributed by atoms with Crippen molar-refractivity contribution in [3.05, 3.63) is 51.8 Å². The minimum absolute atomic E-state index is 0.00900. The summed E-state index contributed by atoms with van der Waals surface area (Å²) in [6.07, 6.45) is 8.22. The molecule has 220 valence electrons. The van der Waals surface area contributed by atoms with E-state index in [9.17, 15) is 9.90 Å². The molecule has 0 saturated heterocycles. The van der Waals surface area contributed by atoms with E-state index < -0.39 is 11.7 Å². The van der Waals surface area contributed by atoms with E-state index >= 15 is 0 Å². The van der Waals surface area contributed by atoms with Gasteiger partial charge in [-0.05, 0) is 86.5 Å². The van der Waals surface area contributed by atoms with Gasteiger partial charge < -0.3 is 24.8 Å². The van der Waals surface area contributed by atoms with Crippen molar-refractivity contribution in [2.24, 2.45) is 0 Å². The van der Waals surface area contributed by atoms with Gasteiger partial charge in [0.05, 0.1) is 29.6 Å². The van der Waals surface area contributed by atoms with Crippen LogP contribution in [0.25, 0.3) is 5.65 Å². The molecule has 6 rings (SSSR count). The van der Waals surface area contributed by atoms with Crippen molar-refractivity contribution < 1.29 is 19.4 Å². The molecule has 3 aliphatic carbocycles. The van der Waals surface area contributed by atoms with E-state index in [-0.39, 0.29) is 23.6 Å². The van der Waals surface area contributed by atoms with Crippen LogP contribution in [-0.4, -0.2) is 56.7 Å². The lowest BCUT2D eigenvalue weighted by molar-refractivity contribution is 0.0505. The Balaban J connectivity index is 1.41. The Morgan fingerprint density at radius 2 is 1.95 bits per heavy atom. The summed E-state index contributed by atoms with van der Waals surface area (Å²) in [6.45, 7) is 6.29. The third kappa shape index (κ3) is 5.29. The van der Waals surface area contributed by atoms with Crippen molar-refractivity contribution in [1.29, 1.82) is 0 Å². The van der Waals surface area contributed by atoms with Gasteiger partial charge in [-0.15, -0.1) is 0 Å². The third-order valence-electron chi connectivity index (χ3n) is 9.03. The molecule has 3 aliphatic rings. The number of anilines is 1. The van der Waals surface area contributed by atoms with Gasteiger partial charge in [0.1, 0.15) is 17.2 Å². The van der Waals surface area contributed by atoms with Crippen molar-refractivity contribution >= 4 is 33.5 Å². The Morgan fingerprint density at radius 1 is 1.22 bits per heavy atom. The number of benzene rings is 1. The van der Waals surface area contributed by atoms with Crippen molar-refractivity contribution in [1.82, 2.24) is 19.9 Å². The first-order chi connectivity index (χ1) is 19.6. The highest BCUT2D eigenvalue weighted by Crippen LogP contribution is 2.52. The number of alkyl carbamates (subject to hydrolysis) is 1. The normalized spacial score (nSPS) is 23.2. The predicted molar refractivity (Wildman–Crippen MR) is 161 cm³/mol. The van der Waals surface area contributed by atoms with E-state index in [2.05, 4.69) is 38.3 Å². The maximum Gasteiger partial charge on any atom is 0.407 e. The summed E-state index contributed by atoms with van der Waals surface area (Å²) in [5.74, 6) is 1.81. The molecule has 0 radical (unpaired) electrons. The highest BCUT2D eigenvalue weighted by molar-refractivity contribution is 9.10. The molecule has 1 amide bonds. The second-order valence-corrected chi connectivity index (χ2v) is 13.7. The van der Waals surface area contributed by atoms with E-state index in [0.29, 0.717) is 13.0 Å². The summed E-state index contributed by atoms with van der Waals surface area (Å²) in [6, 6.07) is 8.33. The molecule has 2 fully saturated rings. The number of hydrogen-bond donors (Lipinski definition) is 2. The summed E-state index contributed by atoms with van der Waals surface area (Å²) in [5, 5.41) is 19.4. The van der Waals surface area contributed by atoms with E-state index in [1.165, 1.54) is 0 Å². The molecule has 1 spiro atoms. The van der Waals surface area contributed by atoms with E-state index in [1.807, 2.05) is 43.6 Å². The van der Waals surface area contributed by atoms with Gasteiger partial charge in [-0.2, -0.15) is 9.61 Å². The Hall–Kier alpha value is -2.85. The van der Waals surface area contributed by atoms with Gasteiger partial charge in [0, 0.05) is 36.0 Å².